The molecule has 5 heteroatoms. The van der Waals surface area contributed by atoms with Crippen LogP contribution in [0, 0.1) is 0 Å². The van der Waals surface area contributed by atoms with Crippen molar-refractivity contribution >= 4 is 11.6 Å². The SMILES string of the molecule is CCNc1ccccc1C(=O)NCC(C)(O)CO. The van der Waals surface area contributed by atoms with E-state index >= 15 is 0 Å². The molecule has 0 aliphatic carbocycles. The topological polar surface area (TPSA) is 81.6 Å². The van der Waals surface area contributed by atoms with Crippen molar-refractivity contribution in [3.63, 3.8) is 0 Å². The summed E-state index contributed by atoms with van der Waals surface area (Å²) in [6.45, 7) is 3.73. The molecule has 0 aromatic heterocycles. The van der Waals surface area contributed by atoms with E-state index in [4.69, 9.17) is 5.11 Å². The van der Waals surface area contributed by atoms with Crippen molar-refractivity contribution in [3.8, 4) is 0 Å². The normalized spacial score (nSPS) is 13.8. The minimum Gasteiger partial charge on any atom is -0.393 e. The second-order valence-corrected chi connectivity index (χ2v) is 4.41. The number of carbonyl (C=O) groups is 1. The maximum absolute atomic E-state index is 12.0. The van der Waals surface area contributed by atoms with Crippen molar-refractivity contribution in [2.45, 2.75) is 19.4 Å². The van der Waals surface area contributed by atoms with Crippen molar-refractivity contribution < 1.29 is 15.0 Å². The molecule has 1 aromatic carbocycles. The molecule has 1 aromatic rings. The molecule has 0 saturated heterocycles. The van der Waals surface area contributed by atoms with Crippen LogP contribution >= 0.6 is 0 Å². The Hall–Kier alpha value is -1.59. The van der Waals surface area contributed by atoms with Gasteiger partial charge in [0, 0.05) is 18.8 Å². The number of aliphatic hydroxyl groups excluding tert-OH is 1. The number of anilines is 1. The Bertz CT molecular complexity index is 405. The lowest BCUT2D eigenvalue weighted by Crippen LogP contribution is -2.43. The number of para-hydroxylation sites is 1. The fourth-order valence-corrected chi connectivity index (χ4v) is 1.45. The van der Waals surface area contributed by atoms with E-state index in [1.165, 1.54) is 6.92 Å². The van der Waals surface area contributed by atoms with E-state index in [2.05, 4.69) is 10.6 Å². The van der Waals surface area contributed by atoms with E-state index in [0.29, 0.717) is 5.56 Å². The highest BCUT2D eigenvalue weighted by molar-refractivity contribution is 5.99. The Labute approximate surface area is 107 Å². The molecule has 0 aliphatic rings. The van der Waals surface area contributed by atoms with Gasteiger partial charge in [-0.2, -0.15) is 0 Å². The molecular formula is C13H20N2O3. The molecule has 1 rings (SSSR count). The molecule has 0 heterocycles. The molecule has 0 aliphatic heterocycles. The number of aliphatic hydroxyl groups is 2. The van der Waals surface area contributed by atoms with E-state index in [-0.39, 0.29) is 12.5 Å². The highest BCUT2D eigenvalue weighted by Crippen LogP contribution is 2.14. The quantitative estimate of drug-likeness (QED) is 0.597. The molecule has 100 valence electrons. The van der Waals surface area contributed by atoms with Gasteiger partial charge in [-0.05, 0) is 26.0 Å². The molecule has 0 spiro atoms. The second-order valence-electron chi connectivity index (χ2n) is 4.41. The maximum atomic E-state index is 12.0. The first-order valence-electron chi connectivity index (χ1n) is 5.94. The Morgan fingerprint density at radius 1 is 1.39 bits per heavy atom. The molecule has 1 atom stereocenters. The zero-order valence-corrected chi connectivity index (χ0v) is 10.7. The molecule has 0 bridgehead atoms. The van der Waals surface area contributed by atoms with Gasteiger partial charge in [-0.25, -0.2) is 0 Å². The van der Waals surface area contributed by atoms with Gasteiger partial charge in [0.2, 0.25) is 0 Å². The number of carbonyl (C=O) groups excluding carboxylic acids is 1. The summed E-state index contributed by atoms with van der Waals surface area (Å²) in [7, 11) is 0. The first-order chi connectivity index (χ1) is 8.50. The molecule has 0 fully saturated rings. The van der Waals surface area contributed by atoms with E-state index in [1.54, 1.807) is 12.1 Å². The van der Waals surface area contributed by atoms with Gasteiger partial charge in [0.05, 0.1) is 12.2 Å². The summed E-state index contributed by atoms with van der Waals surface area (Å²) >= 11 is 0. The summed E-state index contributed by atoms with van der Waals surface area (Å²) in [6, 6.07) is 7.15. The molecular weight excluding hydrogens is 232 g/mol. The van der Waals surface area contributed by atoms with Crippen LogP contribution in [0.15, 0.2) is 24.3 Å². The summed E-state index contributed by atoms with van der Waals surface area (Å²) in [5.41, 5.74) is -0.0304. The molecule has 0 radical (unpaired) electrons. The third kappa shape index (κ3) is 4.01. The maximum Gasteiger partial charge on any atom is 0.253 e. The fourth-order valence-electron chi connectivity index (χ4n) is 1.45. The van der Waals surface area contributed by atoms with Crippen LogP contribution in [-0.2, 0) is 0 Å². The largest absolute Gasteiger partial charge is 0.393 e. The number of hydrogen-bond acceptors (Lipinski definition) is 4. The zero-order chi connectivity index (χ0) is 13.6. The Kier molecular flexibility index (Phi) is 5.12. The monoisotopic (exact) mass is 252 g/mol. The Balaban J connectivity index is 2.72. The van der Waals surface area contributed by atoms with Crippen molar-refractivity contribution in [1.29, 1.82) is 0 Å². The van der Waals surface area contributed by atoms with Crippen LogP contribution in [-0.4, -0.2) is 41.4 Å². The standard InChI is InChI=1S/C13H20N2O3/c1-3-14-11-7-5-4-6-10(11)12(17)15-8-13(2,18)9-16/h4-7,14,16,18H,3,8-9H2,1-2H3,(H,15,17). The first kappa shape index (κ1) is 14.5. The van der Waals surface area contributed by atoms with Crippen LogP contribution in [0.4, 0.5) is 5.69 Å². The van der Waals surface area contributed by atoms with Gasteiger partial charge in [0.1, 0.15) is 5.60 Å². The molecule has 18 heavy (non-hydrogen) atoms. The van der Waals surface area contributed by atoms with Crippen molar-refractivity contribution in [2.75, 3.05) is 25.0 Å². The van der Waals surface area contributed by atoms with Gasteiger partial charge < -0.3 is 20.8 Å². The van der Waals surface area contributed by atoms with Crippen LogP contribution in [0.2, 0.25) is 0 Å². The lowest BCUT2D eigenvalue weighted by molar-refractivity contribution is 0.00321. The minimum absolute atomic E-state index is 0.00277. The van der Waals surface area contributed by atoms with Crippen molar-refractivity contribution in [1.82, 2.24) is 5.32 Å². The summed E-state index contributed by atoms with van der Waals surface area (Å²) in [6.07, 6.45) is 0. The number of benzene rings is 1. The van der Waals surface area contributed by atoms with Crippen LogP contribution in [0.5, 0.6) is 0 Å². The summed E-state index contributed by atoms with van der Waals surface area (Å²) in [5.74, 6) is -0.278. The summed E-state index contributed by atoms with van der Waals surface area (Å²) in [5, 5.41) is 24.2. The predicted molar refractivity (Wildman–Crippen MR) is 70.6 cm³/mol. The van der Waals surface area contributed by atoms with Crippen LogP contribution in [0.1, 0.15) is 24.2 Å². The van der Waals surface area contributed by atoms with E-state index in [9.17, 15) is 9.90 Å². The predicted octanol–water partition coefficient (Wildman–Crippen LogP) is 0.591. The molecule has 1 amide bonds. The highest BCUT2D eigenvalue weighted by atomic mass is 16.3. The highest BCUT2D eigenvalue weighted by Gasteiger charge is 2.20. The summed E-state index contributed by atoms with van der Waals surface area (Å²) < 4.78 is 0. The van der Waals surface area contributed by atoms with E-state index in [0.717, 1.165) is 12.2 Å². The number of hydrogen-bond donors (Lipinski definition) is 4. The van der Waals surface area contributed by atoms with Gasteiger partial charge in [0.25, 0.3) is 5.91 Å². The van der Waals surface area contributed by atoms with Gasteiger partial charge in [-0.15, -0.1) is 0 Å². The number of rotatable bonds is 6. The number of nitrogens with one attached hydrogen (secondary N) is 2. The zero-order valence-electron chi connectivity index (χ0n) is 10.7. The van der Waals surface area contributed by atoms with Crippen molar-refractivity contribution in [3.05, 3.63) is 29.8 Å². The molecule has 4 N–H and O–H groups in total. The minimum atomic E-state index is -1.30. The Morgan fingerprint density at radius 3 is 2.67 bits per heavy atom. The third-order valence-electron chi connectivity index (χ3n) is 2.51. The fraction of sp³-hybridized carbons (Fsp3) is 0.462. The second kappa shape index (κ2) is 6.37. The van der Waals surface area contributed by atoms with Crippen LogP contribution in [0.25, 0.3) is 0 Å². The molecule has 1 unspecified atom stereocenters. The number of amides is 1. The van der Waals surface area contributed by atoms with Gasteiger partial charge in [0.15, 0.2) is 0 Å². The van der Waals surface area contributed by atoms with Gasteiger partial charge in [-0.1, -0.05) is 12.1 Å². The average molecular weight is 252 g/mol. The average Bonchev–Trinajstić information content (AvgIpc) is 2.37. The first-order valence-corrected chi connectivity index (χ1v) is 5.94. The lowest BCUT2D eigenvalue weighted by atomic mass is 10.1. The summed E-state index contributed by atoms with van der Waals surface area (Å²) in [4.78, 5) is 12.0. The van der Waals surface area contributed by atoms with Gasteiger partial charge in [-0.3, -0.25) is 4.79 Å². The molecule has 5 nitrogen and oxygen atoms in total. The molecule has 0 saturated carbocycles. The van der Waals surface area contributed by atoms with E-state index < -0.39 is 12.2 Å². The lowest BCUT2D eigenvalue weighted by Gasteiger charge is -2.21. The van der Waals surface area contributed by atoms with Crippen LogP contribution < -0.4 is 10.6 Å². The Morgan fingerprint density at radius 2 is 2.06 bits per heavy atom. The van der Waals surface area contributed by atoms with Gasteiger partial charge >= 0.3 is 0 Å². The van der Waals surface area contributed by atoms with Crippen molar-refractivity contribution in [2.24, 2.45) is 0 Å². The third-order valence-corrected chi connectivity index (χ3v) is 2.51. The van der Waals surface area contributed by atoms with E-state index in [1.807, 2.05) is 19.1 Å². The smallest absolute Gasteiger partial charge is 0.253 e. The van der Waals surface area contributed by atoms with Crippen LogP contribution in [0.3, 0.4) is 0 Å².